The Morgan fingerprint density at radius 1 is 1.29 bits per heavy atom. The van der Waals surface area contributed by atoms with Crippen LogP contribution in [0.2, 0.25) is 0 Å². The molecule has 0 saturated heterocycles. The summed E-state index contributed by atoms with van der Waals surface area (Å²) >= 11 is 2.34. The first-order valence-corrected chi connectivity index (χ1v) is 5.91. The quantitative estimate of drug-likeness (QED) is 0.498. The van der Waals surface area contributed by atoms with E-state index in [0.717, 1.165) is 22.4 Å². The van der Waals surface area contributed by atoms with Crippen LogP contribution in [0.4, 0.5) is 5.69 Å². The second-order valence-electron chi connectivity index (χ2n) is 2.69. The molecule has 0 fully saturated rings. The monoisotopic (exact) mass is 307 g/mol. The van der Waals surface area contributed by atoms with Crippen LogP contribution < -0.4 is 10.1 Å². The summed E-state index contributed by atoms with van der Waals surface area (Å²) in [5, 5.41) is 3.28. The number of rotatable bonds is 6. The van der Waals surface area contributed by atoms with Gasteiger partial charge in [0.15, 0.2) is 6.79 Å². The Labute approximate surface area is 97.9 Å². The fraction of sp³-hybridized carbons (Fsp3) is 0.400. The third kappa shape index (κ3) is 4.15. The lowest BCUT2D eigenvalue weighted by Gasteiger charge is -2.06. The molecule has 4 heteroatoms. The molecular formula is C10H14INO2. The smallest absolute Gasteiger partial charge is 0.188 e. The molecule has 78 valence electrons. The molecule has 0 amide bonds. The molecule has 1 N–H and O–H groups in total. The van der Waals surface area contributed by atoms with Crippen molar-refractivity contribution in [2.24, 2.45) is 0 Å². The van der Waals surface area contributed by atoms with E-state index in [4.69, 9.17) is 9.47 Å². The van der Waals surface area contributed by atoms with Gasteiger partial charge < -0.3 is 14.8 Å². The maximum Gasteiger partial charge on any atom is 0.188 e. The second-order valence-corrected chi connectivity index (χ2v) is 3.77. The average molecular weight is 307 g/mol. The number of benzene rings is 1. The first-order valence-electron chi connectivity index (χ1n) is 4.38. The zero-order valence-electron chi connectivity index (χ0n) is 8.13. The normalized spacial score (nSPS) is 9.86. The number of anilines is 1. The molecule has 0 aromatic heterocycles. The number of ether oxygens (including phenoxy) is 2. The summed E-state index contributed by atoms with van der Waals surface area (Å²) in [4.78, 5) is 0. The minimum absolute atomic E-state index is 0.292. The molecule has 1 aromatic carbocycles. The van der Waals surface area contributed by atoms with E-state index in [0.29, 0.717) is 6.79 Å². The summed E-state index contributed by atoms with van der Waals surface area (Å²) in [5.41, 5.74) is 1.12. The van der Waals surface area contributed by atoms with Crippen LogP contribution >= 0.6 is 22.6 Å². The van der Waals surface area contributed by atoms with Gasteiger partial charge in [-0.1, -0.05) is 22.6 Å². The Morgan fingerprint density at radius 3 is 2.57 bits per heavy atom. The van der Waals surface area contributed by atoms with Gasteiger partial charge in [-0.2, -0.15) is 0 Å². The summed E-state index contributed by atoms with van der Waals surface area (Å²) in [6.45, 7) is 1.28. The van der Waals surface area contributed by atoms with Gasteiger partial charge in [0.2, 0.25) is 0 Å². The van der Waals surface area contributed by atoms with Gasteiger partial charge in [-0.05, 0) is 24.3 Å². The molecule has 0 aliphatic rings. The molecule has 0 heterocycles. The number of halogens is 1. The van der Waals surface area contributed by atoms with Crippen LogP contribution in [-0.4, -0.2) is 24.9 Å². The molecular weight excluding hydrogens is 293 g/mol. The predicted molar refractivity (Wildman–Crippen MR) is 66.3 cm³/mol. The molecule has 1 rings (SSSR count). The molecule has 0 atom stereocenters. The Balaban J connectivity index is 2.42. The van der Waals surface area contributed by atoms with Gasteiger partial charge in [-0.15, -0.1) is 0 Å². The number of methoxy groups -OCH3 is 1. The molecule has 0 unspecified atom stereocenters. The predicted octanol–water partition coefficient (Wildman–Crippen LogP) is 2.52. The van der Waals surface area contributed by atoms with Crippen LogP contribution in [0.3, 0.4) is 0 Å². The molecule has 0 bridgehead atoms. The van der Waals surface area contributed by atoms with Crippen molar-refractivity contribution in [1.29, 1.82) is 0 Å². The SMILES string of the molecule is COCOc1ccc(NCCI)cc1. The van der Waals surface area contributed by atoms with Crippen LogP contribution in [0.1, 0.15) is 0 Å². The minimum atomic E-state index is 0.292. The number of alkyl halides is 1. The van der Waals surface area contributed by atoms with Crippen LogP contribution in [0.25, 0.3) is 0 Å². The highest BCUT2D eigenvalue weighted by atomic mass is 127. The van der Waals surface area contributed by atoms with E-state index < -0.39 is 0 Å². The van der Waals surface area contributed by atoms with Crippen LogP contribution in [-0.2, 0) is 4.74 Å². The van der Waals surface area contributed by atoms with Gasteiger partial charge >= 0.3 is 0 Å². The fourth-order valence-corrected chi connectivity index (χ4v) is 1.26. The van der Waals surface area contributed by atoms with Crippen molar-refractivity contribution in [2.75, 3.05) is 30.2 Å². The Morgan fingerprint density at radius 2 is 2.00 bits per heavy atom. The highest BCUT2D eigenvalue weighted by Gasteiger charge is 1.93. The summed E-state index contributed by atoms with van der Waals surface area (Å²) < 4.78 is 11.2. The third-order valence-corrected chi connectivity index (χ3v) is 2.16. The van der Waals surface area contributed by atoms with Crippen molar-refractivity contribution in [1.82, 2.24) is 0 Å². The number of hydrogen-bond donors (Lipinski definition) is 1. The van der Waals surface area contributed by atoms with Gasteiger partial charge in [0.25, 0.3) is 0 Å². The maximum atomic E-state index is 5.26. The Hall–Kier alpha value is -0.490. The highest BCUT2D eigenvalue weighted by molar-refractivity contribution is 14.1. The van der Waals surface area contributed by atoms with Crippen molar-refractivity contribution >= 4 is 28.3 Å². The zero-order valence-corrected chi connectivity index (χ0v) is 10.3. The molecule has 1 aromatic rings. The summed E-state index contributed by atoms with van der Waals surface area (Å²) in [7, 11) is 1.61. The van der Waals surface area contributed by atoms with Gasteiger partial charge in [-0.25, -0.2) is 0 Å². The lowest BCUT2D eigenvalue weighted by Crippen LogP contribution is -2.02. The molecule has 3 nitrogen and oxygen atoms in total. The van der Waals surface area contributed by atoms with Crippen molar-refractivity contribution < 1.29 is 9.47 Å². The lowest BCUT2D eigenvalue weighted by molar-refractivity contribution is 0.0511. The summed E-state index contributed by atoms with van der Waals surface area (Å²) in [6.07, 6.45) is 0. The van der Waals surface area contributed by atoms with E-state index in [1.165, 1.54) is 0 Å². The van der Waals surface area contributed by atoms with Gasteiger partial charge in [0, 0.05) is 23.8 Å². The van der Waals surface area contributed by atoms with E-state index in [9.17, 15) is 0 Å². The van der Waals surface area contributed by atoms with E-state index >= 15 is 0 Å². The largest absolute Gasteiger partial charge is 0.468 e. The standard InChI is InChI=1S/C10H14INO2/c1-13-8-14-10-4-2-9(3-5-10)12-7-6-11/h2-5,12H,6-8H2,1H3. The van der Waals surface area contributed by atoms with Crippen LogP contribution in [0, 0.1) is 0 Å². The first kappa shape index (κ1) is 11.6. The molecule has 0 spiro atoms. The zero-order chi connectivity index (χ0) is 10.2. The minimum Gasteiger partial charge on any atom is -0.468 e. The van der Waals surface area contributed by atoms with E-state index in [2.05, 4.69) is 27.9 Å². The van der Waals surface area contributed by atoms with Crippen LogP contribution in [0.15, 0.2) is 24.3 Å². The highest BCUT2D eigenvalue weighted by Crippen LogP contribution is 2.15. The molecule has 0 aliphatic carbocycles. The summed E-state index contributed by atoms with van der Waals surface area (Å²) in [6, 6.07) is 7.84. The first-order chi connectivity index (χ1) is 6.86. The number of nitrogens with one attached hydrogen (secondary N) is 1. The Kier molecular flexibility index (Phi) is 5.70. The Bertz CT molecular complexity index is 224. The molecule has 0 aliphatic heterocycles. The third-order valence-electron chi connectivity index (χ3n) is 1.62. The lowest BCUT2D eigenvalue weighted by atomic mass is 10.3. The molecule has 0 saturated carbocycles. The maximum absolute atomic E-state index is 5.26. The van der Waals surface area contributed by atoms with Crippen molar-refractivity contribution in [3.05, 3.63) is 24.3 Å². The summed E-state index contributed by atoms with van der Waals surface area (Å²) in [5.74, 6) is 0.826. The van der Waals surface area contributed by atoms with Crippen molar-refractivity contribution in [2.45, 2.75) is 0 Å². The molecule has 0 radical (unpaired) electrons. The van der Waals surface area contributed by atoms with E-state index in [1.54, 1.807) is 7.11 Å². The van der Waals surface area contributed by atoms with Crippen molar-refractivity contribution in [3.63, 3.8) is 0 Å². The molecule has 14 heavy (non-hydrogen) atoms. The number of hydrogen-bond acceptors (Lipinski definition) is 3. The fourth-order valence-electron chi connectivity index (χ4n) is 0.988. The van der Waals surface area contributed by atoms with Gasteiger partial charge in [-0.3, -0.25) is 0 Å². The van der Waals surface area contributed by atoms with Gasteiger partial charge in [0.05, 0.1) is 0 Å². The second kappa shape index (κ2) is 6.89. The van der Waals surface area contributed by atoms with Crippen molar-refractivity contribution in [3.8, 4) is 5.75 Å². The topological polar surface area (TPSA) is 30.5 Å². The van der Waals surface area contributed by atoms with Gasteiger partial charge in [0.1, 0.15) is 5.75 Å². The van der Waals surface area contributed by atoms with E-state index in [1.807, 2.05) is 24.3 Å². The van der Waals surface area contributed by atoms with E-state index in [-0.39, 0.29) is 0 Å². The average Bonchev–Trinajstić information content (AvgIpc) is 2.25. The van der Waals surface area contributed by atoms with Crippen LogP contribution in [0.5, 0.6) is 5.75 Å².